The Balaban J connectivity index is 2.44. The van der Waals surface area contributed by atoms with Gasteiger partial charge >= 0.3 is 0 Å². The predicted octanol–water partition coefficient (Wildman–Crippen LogP) is 1.31. The van der Waals surface area contributed by atoms with Crippen LogP contribution in [0.3, 0.4) is 0 Å². The fraction of sp³-hybridized carbons (Fsp3) is 0.455. The van der Waals surface area contributed by atoms with Gasteiger partial charge in [-0.25, -0.2) is 4.39 Å². The molecule has 1 atom stereocenters. The zero-order chi connectivity index (χ0) is 10.1. The summed E-state index contributed by atoms with van der Waals surface area (Å²) in [6, 6.07) is 3.03. The van der Waals surface area contributed by atoms with Crippen LogP contribution < -0.4 is 5.73 Å². The van der Waals surface area contributed by atoms with Crippen LogP contribution in [-0.2, 0) is 12.8 Å². The van der Waals surface area contributed by atoms with Gasteiger partial charge in [-0.3, -0.25) is 0 Å². The normalized spacial score (nSPS) is 16.8. The van der Waals surface area contributed by atoms with Crippen molar-refractivity contribution in [1.29, 1.82) is 0 Å². The standard InChI is InChI=1S/C11H14FNO/c12-11-8-3-1-2-7(8)4-5-9(11)10(13)6-14/h4-5,10,14H,1-3,6,13H2/t10-/m0/s1. The van der Waals surface area contributed by atoms with Crippen LogP contribution in [0.25, 0.3) is 0 Å². The molecule has 1 aliphatic carbocycles. The number of nitrogens with two attached hydrogens (primary N) is 1. The van der Waals surface area contributed by atoms with Gasteiger partial charge < -0.3 is 10.8 Å². The molecule has 1 aromatic carbocycles. The molecule has 3 heteroatoms. The molecule has 0 radical (unpaired) electrons. The Morgan fingerprint density at radius 3 is 2.93 bits per heavy atom. The fourth-order valence-electron chi connectivity index (χ4n) is 2.02. The van der Waals surface area contributed by atoms with Crippen LogP contribution >= 0.6 is 0 Å². The van der Waals surface area contributed by atoms with Crippen LogP contribution in [0, 0.1) is 5.82 Å². The molecule has 0 saturated heterocycles. The molecule has 0 heterocycles. The predicted molar refractivity (Wildman–Crippen MR) is 52.4 cm³/mol. The lowest BCUT2D eigenvalue weighted by Crippen LogP contribution is -2.17. The first-order valence-corrected chi connectivity index (χ1v) is 4.90. The van der Waals surface area contributed by atoms with Gasteiger partial charge in [0.25, 0.3) is 0 Å². The molecular weight excluding hydrogens is 181 g/mol. The van der Waals surface area contributed by atoms with E-state index in [1.54, 1.807) is 6.07 Å². The van der Waals surface area contributed by atoms with E-state index in [0.29, 0.717) is 5.56 Å². The quantitative estimate of drug-likeness (QED) is 0.747. The van der Waals surface area contributed by atoms with E-state index in [0.717, 1.165) is 30.4 Å². The summed E-state index contributed by atoms with van der Waals surface area (Å²) in [7, 11) is 0. The number of halogens is 1. The Bertz CT molecular complexity index is 351. The number of aliphatic hydroxyl groups excluding tert-OH is 1. The number of hydrogen-bond donors (Lipinski definition) is 2. The molecule has 2 nitrogen and oxygen atoms in total. The first kappa shape index (κ1) is 9.62. The maximum absolute atomic E-state index is 13.8. The highest BCUT2D eigenvalue weighted by Gasteiger charge is 2.20. The summed E-state index contributed by atoms with van der Waals surface area (Å²) in [5.41, 5.74) is 7.93. The van der Waals surface area contributed by atoms with Crippen molar-refractivity contribution in [3.63, 3.8) is 0 Å². The van der Waals surface area contributed by atoms with Crippen molar-refractivity contribution in [3.05, 3.63) is 34.6 Å². The van der Waals surface area contributed by atoms with Gasteiger partial charge in [-0.05, 0) is 30.4 Å². The van der Waals surface area contributed by atoms with Gasteiger partial charge in [0.1, 0.15) is 5.82 Å². The number of benzene rings is 1. The van der Waals surface area contributed by atoms with Crippen LogP contribution in [0.5, 0.6) is 0 Å². The van der Waals surface area contributed by atoms with Crippen molar-refractivity contribution in [1.82, 2.24) is 0 Å². The summed E-state index contributed by atoms with van der Waals surface area (Å²) < 4.78 is 13.8. The van der Waals surface area contributed by atoms with Gasteiger partial charge in [-0.15, -0.1) is 0 Å². The summed E-state index contributed by atoms with van der Waals surface area (Å²) in [5, 5.41) is 8.87. The average Bonchev–Trinajstić information content (AvgIpc) is 2.66. The van der Waals surface area contributed by atoms with Crippen molar-refractivity contribution in [2.24, 2.45) is 5.73 Å². The van der Waals surface area contributed by atoms with Crippen LogP contribution in [0.2, 0.25) is 0 Å². The minimum Gasteiger partial charge on any atom is -0.394 e. The van der Waals surface area contributed by atoms with Gasteiger partial charge in [0, 0.05) is 5.56 Å². The number of rotatable bonds is 2. The highest BCUT2D eigenvalue weighted by Crippen LogP contribution is 2.28. The molecule has 0 aromatic heterocycles. The van der Waals surface area contributed by atoms with E-state index >= 15 is 0 Å². The molecule has 0 aliphatic heterocycles. The Kier molecular flexibility index (Phi) is 2.52. The molecule has 0 amide bonds. The monoisotopic (exact) mass is 195 g/mol. The molecule has 0 fully saturated rings. The zero-order valence-corrected chi connectivity index (χ0v) is 7.96. The lowest BCUT2D eigenvalue weighted by molar-refractivity contribution is 0.265. The smallest absolute Gasteiger partial charge is 0.131 e. The molecule has 1 aromatic rings. The van der Waals surface area contributed by atoms with E-state index in [1.807, 2.05) is 6.07 Å². The SMILES string of the molecule is N[C@@H](CO)c1ccc2c(c1F)CCC2. The Morgan fingerprint density at radius 2 is 2.21 bits per heavy atom. The third-order valence-corrected chi connectivity index (χ3v) is 2.84. The van der Waals surface area contributed by atoms with E-state index in [1.165, 1.54) is 0 Å². The minimum atomic E-state index is -0.596. The van der Waals surface area contributed by atoms with Crippen molar-refractivity contribution in [3.8, 4) is 0 Å². The third kappa shape index (κ3) is 1.42. The fourth-order valence-corrected chi connectivity index (χ4v) is 2.02. The van der Waals surface area contributed by atoms with Gasteiger partial charge in [0.15, 0.2) is 0 Å². The van der Waals surface area contributed by atoms with Crippen LogP contribution in [0.1, 0.15) is 29.2 Å². The Hall–Kier alpha value is -0.930. The molecule has 14 heavy (non-hydrogen) atoms. The number of hydrogen-bond acceptors (Lipinski definition) is 2. The highest BCUT2D eigenvalue weighted by atomic mass is 19.1. The first-order valence-electron chi connectivity index (χ1n) is 4.90. The molecule has 0 bridgehead atoms. The summed E-state index contributed by atoms with van der Waals surface area (Å²) >= 11 is 0. The number of aryl methyl sites for hydroxylation is 1. The molecular formula is C11H14FNO. The van der Waals surface area contributed by atoms with Crippen LogP contribution in [-0.4, -0.2) is 11.7 Å². The molecule has 0 unspecified atom stereocenters. The molecule has 0 spiro atoms. The van der Waals surface area contributed by atoms with Gasteiger partial charge in [-0.2, -0.15) is 0 Å². The summed E-state index contributed by atoms with van der Waals surface area (Å²) in [6.07, 6.45) is 2.78. The lowest BCUT2D eigenvalue weighted by Gasteiger charge is -2.12. The number of aliphatic hydroxyl groups is 1. The maximum Gasteiger partial charge on any atom is 0.131 e. The maximum atomic E-state index is 13.8. The van der Waals surface area contributed by atoms with Crippen LogP contribution in [0.4, 0.5) is 4.39 Å². The highest BCUT2D eigenvalue weighted by molar-refractivity contribution is 5.38. The topological polar surface area (TPSA) is 46.2 Å². The van der Waals surface area contributed by atoms with Gasteiger partial charge in [0.05, 0.1) is 12.6 Å². The van der Waals surface area contributed by atoms with Gasteiger partial charge in [-0.1, -0.05) is 12.1 Å². The lowest BCUT2D eigenvalue weighted by atomic mass is 10.0. The van der Waals surface area contributed by atoms with E-state index in [-0.39, 0.29) is 12.4 Å². The first-order chi connectivity index (χ1) is 6.74. The third-order valence-electron chi connectivity index (χ3n) is 2.84. The minimum absolute atomic E-state index is 0.207. The Morgan fingerprint density at radius 1 is 1.43 bits per heavy atom. The van der Waals surface area contributed by atoms with E-state index in [2.05, 4.69) is 0 Å². The van der Waals surface area contributed by atoms with Crippen molar-refractivity contribution in [2.75, 3.05) is 6.61 Å². The average molecular weight is 195 g/mol. The second-order valence-electron chi connectivity index (χ2n) is 3.75. The van der Waals surface area contributed by atoms with Crippen molar-refractivity contribution < 1.29 is 9.50 Å². The van der Waals surface area contributed by atoms with Crippen LogP contribution in [0.15, 0.2) is 12.1 Å². The van der Waals surface area contributed by atoms with Crippen molar-refractivity contribution in [2.45, 2.75) is 25.3 Å². The Labute approximate surface area is 82.5 Å². The number of fused-ring (bicyclic) bond motifs is 1. The summed E-state index contributed by atoms with van der Waals surface area (Å²) in [5.74, 6) is -0.207. The van der Waals surface area contributed by atoms with Gasteiger partial charge in [0.2, 0.25) is 0 Å². The molecule has 1 aliphatic rings. The summed E-state index contributed by atoms with van der Waals surface area (Å²) in [6.45, 7) is -0.213. The van der Waals surface area contributed by atoms with Crippen molar-refractivity contribution >= 4 is 0 Å². The summed E-state index contributed by atoms with van der Waals surface area (Å²) in [4.78, 5) is 0. The molecule has 3 N–H and O–H groups in total. The molecule has 2 rings (SSSR count). The molecule has 0 saturated carbocycles. The zero-order valence-electron chi connectivity index (χ0n) is 7.96. The second-order valence-corrected chi connectivity index (χ2v) is 3.75. The van der Waals surface area contributed by atoms with E-state index in [4.69, 9.17) is 10.8 Å². The molecule has 76 valence electrons. The second kappa shape index (κ2) is 3.67. The van der Waals surface area contributed by atoms with E-state index < -0.39 is 6.04 Å². The largest absolute Gasteiger partial charge is 0.394 e. The van der Waals surface area contributed by atoms with E-state index in [9.17, 15) is 4.39 Å².